The predicted octanol–water partition coefficient (Wildman–Crippen LogP) is 5.06. The van der Waals surface area contributed by atoms with Crippen molar-refractivity contribution >= 4 is 18.3 Å². The van der Waals surface area contributed by atoms with Crippen molar-refractivity contribution in [3.05, 3.63) is 65.7 Å². The Labute approximate surface area is 195 Å². The molecule has 0 aromatic heterocycles. The topological polar surface area (TPSA) is 46.6 Å². The highest BCUT2D eigenvalue weighted by atomic mass is 32.2. The number of hydrogen-bond donors (Lipinski definition) is 0. The lowest BCUT2D eigenvalue weighted by Gasteiger charge is -2.35. The minimum atomic E-state index is -3.71. The Morgan fingerprint density at radius 1 is 0.906 bits per heavy atom. The number of rotatable bonds is 6. The van der Waals surface area contributed by atoms with E-state index in [9.17, 15) is 8.42 Å². The van der Waals surface area contributed by atoms with E-state index >= 15 is 0 Å². The molecule has 32 heavy (non-hydrogen) atoms. The first-order valence-electron chi connectivity index (χ1n) is 10.6. The molecule has 2 aromatic carbocycles. The molecule has 0 bridgehead atoms. The normalized spacial score (nSPS) is 12.0. The van der Waals surface area contributed by atoms with E-state index in [1.54, 1.807) is 24.3 Å². The van der Waals surface area contributed by atoms with Crippen LogP contribution in [0.1, 0.15) is 31.9 Å². The van der Waals surface area contributed by atoms with Crippen molar-refractivity contribution in [3.63, 3.8) is 0 Å². The third kappa shape index (κ3) is 7.36. The molecule has 0 unspecified atom stereocenters. The number of aryl methyl sites for hydroxylation is 1. The van der Waals surface area contributed by atoms with Crippen LogP contribution in [0.25, 0.3) is 0 Å². The second-order valence-electron chi connectivity index (χ2n) is 9.16. The van der Waals surface area contributed by atoms with Crippen LogP contribution in [-0.4, -0.2) is 40.7 Å². The molecule has 0 atom stereocenters. The van der Waals surface area contributed by atoms with E-state index in [0.717, 1.165) is 11.1 Å². The summed E-state index contributed by atoms with van der Waals surface area (Å²) in [7, 11) is -5.61. The van der Waals surface area contributed by atoms with Crippen LogP contribution in [0.4, 0.5) is 0 Å². The van der Waals surface area contributed by atoms with Crippen LogP contribution in [-0.2, 0) is 14.4 Å². The second-order valence-corrected chi connectivity index (χ2v) is 15.9. The Bertz CT molecular complexity index is 1110. The Morgan fingerprint density at radius 2 is 1.50 bits per heavy atom. The lowest BCUT2D eigenvalue weighted by atomic mass is 10.2. The smallest absolute Gasteiger partial charge is 0.244 e. The molecule has 2 rings (SSSR count). The van der Waals surface area contributed by atoms with Gasteiger partial charge in [-0.3, -0.25) is 0 Å². The maximum Gasteiger partial charge on any atom is 0.244 e. The molecular weight excluding hydrogens is 434 g/mol. The Hall–Kier alpha value is -2.35. The molecule has 0 fully saturated rings. The summed E-state index contributed by atoms with van der Waals surface area (Å²) in [5.41, 5.74) is 1.84. The molecule has 0 spiro atoms. The largest absolute Gasteiger partial charge is 0.406 e. The lowest BCUT2D eigenvalue weighted by Crippen LogP contribution is -2.40. The molecule has 2 aromatic rings. The van der Waals surface area contributed by atoms with Crippen molar-refractivity contribution in [1.82, 2.24) is 4.31 Å². The molecule has 6 heteroatoms. The van der Waals surface area contributed by atoms with Gasteiger partial charge in [0.25, 0.3) is 0 Å². The van der Waals surface area contributed by atoms with Gasteiger partial charge in [0.2, 0.25) is 10.0 Å². The Balaban J connectivity index is 2.18. The van der Waals surface area contributed by atoms with Gasteiger partial charge in [0.1, 0.15) is 0 Å². The third-order valence-corrected chi connectivity index (χ3v) is 11.9. The van der Waals surface area contributed by atoms with Crippen LogP contribution in [0.5, 0.6) is 0 Å². The molecule has 0 aliphatic carbocycles. The summed E-state index contributed by atoms with van der Waals surface area (Å²) in [4.78, 5) is 0.240. The zero-order valence-electron chi connectivity index (χ0n) is 19.9. The first-order chi connectivity index (χ1) is 14.9. The first-order valence-corrected chi connectivity index (χ1v) is 15.0. The zero-order valence-corrected chi connectivity index (χ0v) is 21.7. The van der Waals surface area contributed by atoms with Gasteiger partial charge in [-0.1, -0.05) is 80.3 Å². The van der Waals surface area contributed by atoms with Gasteiger partial charge in [-0.25, -0.2) is 8.42 Å². The SMILES string of the molecule is Cc1ccc(S(=O)(=O)N(CC#CCO[Si](C)(C)C(C)(C)C)CC#Cc2ccccc2)cc1. The van der Waals surface area contributed by atoms with E-state index in [1.807, 2.05) is 37.3 Å². The number of sulfonamides is 1. The second kappa shape index (κ2) is 11.0. The summed E-state index contributed by atoms with van der Waals surface area (Å²) >= 11 is 0. The van der Waals surface area contributed by atoms with Gasteiger partial charge in [0.15, 0.2) is 8.32 Å². The van der Waals surface area contributed by atoms with Crippen molar-refractivity contribution in [3.8, 4) is 23.7 Å². The van der Waals surface area contributed by atoms with Crippen molar-refractivity contribution in [2.45, 2.75) is 50.7 Å². The molecule has 0 amide bonds. The third-order valence-electron chi connectivity index (χ3n) is 5.61. The molecule has 4 nitrogen and oxygen atoms in total. The van der Waals surface area contributed by atoms with Crippen LogP contribution >= 0.6 is 0 Å². The van der Waals surface area contributed by atoms with E-state index in [1.165, 1.54) is 4.31 Å². The Morgan fingerprint density at radius 3 is 2.09 bits per heavy atom. The van der Waals surface area contributed by atoms with Crippen molar-refractivity contribution in [2.75, 3.05) is 19.7 Å². The molecule has 0 N–H and O–H groups in total. The van der Waals surface area contributed by atoms with Crippen molar-refractivity contribution < 1.29 is 12.8 Å². The average Bonchev–Trinajstić information content (AvgIpc) is 2.72. The molecule has 0 heterocycles. The van der Waals surface area contributed by atoms with Gasteiger partial charge in [-0.05, 0) is 49.3 Å². The zero-order chi connectivity index (χ0) is 23.8. The Kier molecular flexibility index (Phi) is 8.89. The fourth-order valence-electron chi connectivity index (χ4n) is 2.46. The summed E-state index contributed by atoms with van der Waals surface area (Å²) in [5.74, 6) is 12.0. The number of benzene rings is 2. The highest BCUT2D eigenvalue weighted by Crippen LogP contribution is 2.36. The van der Waals surface area contributed by atoms with Crippen LogP contribution < -0.4 is 0 Å². The van der Waals surface area contributed by atoms with E-state index in [-0.39, 0.29) is 23.0 Å². The van der Waals surface area contributed by atoms with Crippen molar-refractivity contribution in [2.24, 2.45) is 0 Å². The standard InChI is InChI=1S/C26H33NO3SSi/c1-23-16-18-25(19-17-23)31(28,29)27(21-12-15-24-13-8-7-9-14-24)20-10-11-22-30-32(5,6)26(2,3)4/h7-9,13-14,16-19H,20-22H2,1-6H3. The summed E-state index contributed by atoms with van der Waals surface area (Å²) in [6.45, 7) is 13.2. The maximum absolute atomic E-state index is 13.2. The summed E-state index contributed by atoms with van der Waals surface area (Å²) < 4.78 is 33.8. The quantitative estimate of drug-likeness (QED) is 0.441. The minimum absolute atomic E-state index is 0.0561. The van der Waals surface area contributed by atoms with Crippen LogP contribution in [0.2, 0.25) is 18.1 Å². The van der Waals surface area contributed by atoms with Gasteiger partial charge in [0, 0.05) is 5.56 Å². The van der Waals surface area contributed by atoms with Crippen LogP contribution in [0.15, 0.2) is 59.5 Å². The van der Waals surface area contributed by atoms with Crippen LogP contribution in [0, 0.1) is 30.6 Å². The van der Waals surface area contributed by atoms with E-state index in [4.69, 9.17) is 4.43 Å². The van der Waals surface area contributed by atoms with E-state index < -0.39 is 18.3 Å². The molecule has 0 saturated heterocycles. The monoisotopic (exact) mass is 467 g/mol. The molecule has 0 radical (unpaired) electrons. The van der Waals surface area contributed by atoms with Gasteiger partial charge >= 0.3 is 0 Å². The van der Waals surface area contributed by atoms with Gasteiger partial charge in [-0.2, -0.15) is 4.31 Å². The van der Waals surface area contributed by atoms with Crippen molar-refractivity contribution in [1.29, 1.82) is 0 Å². The highest BCUT2D eigenvalue weighted by molar-refractivity contribution is 7.89. The summed E-state index contributed by atoms with van der Waals surface area (Å²) in [6.07, 6.45) is 0. The van der Waals surface area contributed by atoms with Crippen LogP contribution in [0.3, 0.4) is 0 Å². The summed E-state index contributed by atoms with van der Waals surface area (Å²) in [6, 6.07) is 16.3. The average molecular weight is 468 g/mol. The minimum Gasteiger partial charge on any atom is -0.406 e. The first kappa shape index (κ1) is 25.9. The number of hydrogen-bond acceptors (Lipinski definition) is 3. The molecule has 0 aliphatic rings. The van der Waals surface area contributed by atoms with E-state index in [2.05, 4.69) is 57.5 Å². The molecule has 0 aliphatic heterocycles. The summed E-state index contributed by atoms with van der Waals surface area (Å²) in [5, 5.41) is 0.0997. The lowest BCUT2D eigenvalue weighted by molar-refractivity contribution is 0.334. The highest BCUT2D eigenvalue weighted by Gasteiger charge is 2.36. The molecular formula is C26H33NO3SSi. The fraction of sp³-hybridized carbons (Fsp3) is 0.385. The fourth-order valence-corrected chi connectivity index (χ4v) is 4.58. The van der Waals surface area contributed by atoms with E-state index in [0.29, 0.717) is 6.61 Å². The van der Waals surface area contributed by atoms with Gasteiger partial charge in [-0.15, -0.1) is 0 Å². The maximum atomic E-state index is 13.2. The molecule has 0 saturated carbocycles. The molecule has 170 valence electrons. The predicted molar refractivity (Wildman–Crippen MR) is 134 cm³/mol. The van der Waals surface area contributed by atoms with Gasteiger partial charge < -0.3 is 4.43 Å². The van der Waals surface area contributed by atoms with Gasteiger partial charge in [0.05, 0.1) is 24.6 Å². The number of nitrogens with zero attached hydrogens (tertiary/aromatic N) is 1.